The number of hydrogen-bond acceptors (Lipinski definition) is 11. The van der Waals surface area contributed by atoms with Gasteiger partial charge in [-0.15, -0.1) is 0 Å². The van der Waals surface area contributed by atoms with Gasteiger partial charge in [0.25, 0.3) is 0 Å². The minimum Gasteiger partial charge on any atom is -0.504 e. The molecule has 0 radical (unpaired) electrons. The summed E-state index contributed by atoms with van der Waals surface area (Å²) in [5.41, 5.74) is -0.836. The van der Waals surface area contributed by atoms with Crippen molar-refractivity contribution in [3.05, 3.63) is 71.8 Å². The third-order valence-electron chi connectivity index (χ3n) is 13.8. The molecule has 0 unspecified atom stereocenters. The second-order valence-electron chi connectivity index (χ2n) is 21.6. The molecule has 15 nitrogen and oxygen atoms in total. The molecule has 0 spiro atoms. The standard InChI is InChI=1S/3C18H34O2.C14H10O9/c3*1-2-3-4-5-6-7-8-9-10-11-12-13-14-15-16-17-18(19)20;15-7-2-6(3-8(16)11(7)18)14(22)23-10-4-5(13(20)21)1-9(17)12(10)19/h3*9-10H,2-8,11-17H2,1H3,(H,19,20);1-4,15-19H,(H,20,21)/b3*10-9-;. The average Bonchev–Trinajstić information content (AvgIpc) is 3.45. The third-order valence-corrected chi connectivity index (χ3v) is 13.8. The molecule has 2 rings (SSSR count). The van der Waals surface area contributed by atoms with Crippen LogP contribution < -0.4 is 4.74 Å². The molecule has 0 saturated carbocycles. The van der Waals surface area contributed by atoms with E-state index in [1.165, 1.54) is 212 Å². The minimum atomic E-state index is -1.43. The average molecular weight is 1170 g/mol. The SMILES string of the molecule is CCCCCCCC/C=C\CCCCCCCC(=O)O.CCCCCCCC/C=C\CCCCCCCC(=O)O.CCCCCCCC/C=C\CCCCCCCC(=O)O.O=C(O)c1cc(O)c(O)c(OC(=O)c2cc(O)c(O)c(O)c2)c1. The van der Waals surface area contributed by atoms with Crippen LogP contribution in [-0.2, 0) is 14.4 Å². The zero-order valence-electron chi connectivity index (χ0n) is 51.4. The molecule has 474 valence electrons. The first-order valence-corrected chi connectivity index (χ1v) is 31.9. The zero-order valence-corrected chi connectivity index (χ0v) is 51.4. The second-order valence-corrected chi connectivity index (χ2v) is 21.6. The number of aliphatic carboxylic acids is 3. The van der Waals surface area contributed by atoms with Gasteiger partial charge in [0.2, 0.25) is 5.75 Å². The number of rotatable bonds is 48. The van der Waals surface area contributed by atoms with Crippen molar-refractivity contribution in [2.24, 2.45) is 0 Å². The topological polar surface area (TPSA) is 277 Å². The number of benzene rings is 2. The molecular weight excluding hydrogens is 1060 g/mol. The monoisotopic (exact) mass is 1170 g/mol. The van der Waals surface area contributed by atoms with Crippen LogP contribution in [0.25, 0.3) is 0 Å². The summed E-state index contributed by atoms with van der Waals surface area (Å²) in [7, 11) is 0. The summed E-state index contributed by atoms with van der Waals surface area (Å²) in [6, 6.07) is 3.13. The van der Waals surface area contributed by atoms with Gasteiger partial charge in [0.05, 0.1) is 11.1 Å². The number of aromatic hydroxyl groups is 5. The molecule has 0 aliphatic heterocycles. The van der Waals surface area contributed by atoms with Crippen LogP contribution in [0, 0.1) is 0 Å². The van der Waals surface area contributed by atoms with E-state index in [4.69, 9.17) is 25.2 Å². The summed E-state index contributed by atoms with van der Waals surface area (Å²) in [4.78, 5) is 53.8. The van der Waals surface area contributed by atoms with E-state index < -0.39 is 75.5 Å². The number of carboxylic acid groups (broad SMARTS) is 4. The molecule has 15 heteroatoms. The Labute approximate surface area is 499 Å². The predicted octanol–water partition coefficient (Wildman–Crippen LogP) is 19.5. The maximum absolute atomic E-state index is 11.9. The molecule has 0 aromatic heterocycles. The first-order chi connectivity index (χ1) is 40.0. The number of aromatic carboxylic acids is 1. The number of allylic oxidation sites excluding steroid dienone is 6. The highest BCUT2D eigenvalue weighted by Crippen LogP contribution is 2.39. The molecule has 2 aromatic carbocycles. The van der Waals surface area contributed by atoms with Crippen LogP contribution in [0.5, 0.6) is 34.5 Å². The first kappa shape index (κ1) is 79.1. The zero-order chi connectivity index (χ0) is 62.0. The summed E-state index contributed by atoms with van der Waals surface area (Å²) in [6.07, 6.45) is 63.7. The molecule has 0 amide bonds. The Bertz CT molecular complexity index is 1900. The minimum absolute atomic E-state index is 0.332. The highest BCUT2D eigenvalue weighted by molar-refractivity contribution is 5.94. The van der Waals surface area contributed by atoms with Crippen LogP contribution in [-0.4, -0.2) is 75.8 Å². The Morgan fingerprint density at radius 1 is 0.325 bits per heavy atom. The number of unbranched alkanes of at least 4 members (excludes halogenated alkanes) is 33. The molecular formula is C68H112O15. The van der Waals surface area contributed by atoms with Crippen LogP contribution in [0.15, 0.2) is 60.7 Å². The highest BCUT2D eigenvalue weighted by Gasteiger charge is 2.20. The van der Waals surface area contributed by atoms with Crippen molar-refractivity contribution in [1.82, 2.24) is 0 Å². The Balaban J connectivity index is 0. The molecule has 83 heavy (non-hydrogen) atoms. The lowest BCUT2D eigenvalue weighted by Gasteiger charge is -2.10. The smallest absolute Gasteiger partial charge is 0.343 e. The fraction of sp³-hybridized carbons (Fsp3) is 0.662. The molecule has 0 heterocycles. The summed E-state index contributed by atoms with van der Waals surface area (Å²) < 4.78 is 4.74. The number of ether oxygens (including phenoxy) is 1. The van der Waals surface area contributed by atoms with Crippen LogP contribution in [0.2, 0.25) is 0 Å². The van der Waals surface area contributed by atoms with Gasteiger partial charge in [0, 0.05) is 19.3 Å². The first-order valence-electron chi connectivity index (χ1n) is 31.9. The number of hydrogen-bond donors (Lipinski definition) is 9. The van der Waals surface area contributed by atoms with Crippen molar-refractivity contribution >= 4 is 29.8 Å². The lowest BCUT2D eigenvalue weighted by molar-refractivity contribution is -0.138. The summed E-state index contributed by atoms with van der Waals surface area (Å²) in [5, 5.41) is 81.2. The van der Waals surface area contributed by atoms with Gasteiger partial charge < -0.3 is 50.7 Å². The molecule has 0 aliphatic rings. The van der Waals surface area contributed by atoms with Crippen LogP contribution in [0.4, 0.5) is 0 Å². The van der Waals surface area contributed by atoms with Crippen molar-refractivity contribution in [3.8, 4) is 34.5 Å². The van der Waals surface area contributed by atoms with Gasteiger partial charge in [-0.2, -0.15) is 0 Å². The third kappa shape index (κ3) is 52.6. The van der Waals surface area contributed by atoms with E-state index in [9.17, 15) is 49.5 Å². The van der Waals surface area contributed by atoms with Crippen molar-refractivity contribution in [2.45, 2.75) is 290 Å². The van der Waals surface area contributed by atoms with Crippen LogP contribution in [0.3, 0.4) is 0 Å². The highest BCUT2D eigenvalue weighted by atomic mass is 16.5. The number of carboxylic acids is 4. The fourth-order valence-corrected chi connectivity index (χ4v) is 8.72. The quantitative estimate of drug-likeness (QED) is 0.00979. The molecule has 9 N–H and O–H groups in total. The Kier molecular flexibility index (Phi) is 55.1. The number of phenolic OH excluding ortho intramolecular Hbond substituents is 5. The molecule has 0 bridgehead atoms. The largest absolute Gasteiger partial charge is 0.504 e. The van der Waals surface area contributed by atoms with E-state index in [1.54, 1.807) is 0 Å². The summed E-state index contributed by atoms with van der Waals surface area (Å²) in [6.45, 7) is 6.78. The van der Waals surface area contributed by atoms with Crippen molar-refractivity contribution < 1.29 is 74.7 Å². The maximum Gasteiger partial charge on any atom is 0.343 e. The fourth-order valence-electron chi connectivity index (χ4n) is 8.72. The molecule has 2 aromatic rings. The number of phenols is 5. The van der Waals surface area contributed by atoms with Gasteiger partial charge in [0.15, 0.2) is 28.7 Å². The lowest BCUT2D eigenvalue weighted by Crippen LogP contribution is -2.09. The Morgan fingerprint density at radius 3 is 0.831 bits per heavy atom. The molecule has 0 aliphatic carbocycles. The van der Waals surface area contributed by atoms with Gasteiger partial charge in [-0.3, -0.25) is 14.4 Å². The summed E-state index contributed by atoms with van der Waals surface area (Å²) >= 11 is 0. The predicted molar refractivity (Wildman–Crippen MR) is 334 cm³/mol. The van der Waals surface area contributed by atoms with Gasteiger partial charge in [-0.25, -0.2) is 9.59 Å². The van der Waals surface area contributed by atoms with Gasteiger partial charge in [-0.1, -0.05) is 211 Å². The number of carbonyl (C=O) groups is 5. The number of esters is 1. The molecule has 0 saturated heterocycles. The van der Waals surface area contributed by atoms with E-state index in [1.807, 2.05) is 0 Å². The van der Waals surface area contributed by atoms with E-state index >= 15 is 0 Å². The normalized spacial score (nSPS) is 11.0. The van der Waals surface area contributed by atoms with E-state index in [2.05, 4.69) is 57.2 Å². The number of carbonyl (C=O) groups excluding carboxylic acids is 1. The van der Waals surface area contributed by atoms with Crippen molar-refractivity contribution in [3.63, 3.8) is 0 Å². The summed E-state index contributed by atoms with van der Waals surface area (Å²) in [5.74, 6) is -9.35. The van der Waals surface area contributed by atoms with Crippen LogP contribution in [0.1, 0.15) is 311 Å². The lowest BCUT2D eigenvalue weighted by atomic mass is 10.1. The van der Waals surface area contributed by atoms with Gasteiger partial charge in [-0.05, 0) is 121 Å². The van der Waals surface area contributed by atoms with Crippen molar-refractivity contribution in [1.29, 1.82) is 0 Å². The Morgan fingerprint density at radius 2 is 0.566 bits per heavy atom. The maximum atomic E-state index is 11.9. The van der Waals surface area contributed by atoms with E-state index in [-0.39, 0.29) is 0 Å². The van der Waals surface area contributed by atoms with E-state index in [0.29, 0.717) is 19.3 Å². The second kappa shape index (κ2) is 57.8. The van der Waals surface area contributed by atoms with Crippen molar-refractivity contribution in [2.75, 3.05) is 0 Å². The van der Waals surface area contributed by atoms with Crippen LogP contribution >= 0.6 is 0 Å². The van der Waals surface area contributed by atoms with E-state index in [0.717, 1.165) is 62.8 Å². The van der Waals surface area contributed by atoms with Gasteiger partial charge in [0.1, 0.15) is 0 Å². The molecule has 0 atom stereocenters. The Hall–Kier alpha value is -5.99. The van der Waals surface area contributed by atoms with Gasteiger partial charge >= 0.3 is 29.8 Å². The molecule has 0 fully saturated rings.